The van der Waals surface area contributed by atoms with Gasteiger partial charge in [-0.3, -0.25) is 4.79 Å². The van der Waals surface area contributed by atoms with Crippen molar-refractivity contribution < 1.29 is 9.90 Å². The minimum absolute atomic E-state index is 0.0621. The maximum atomic E-state index is 12.2. The third-order valence-electron chi connectivity index (χ3n) is 4.09. The van der Waals surface area contributed by atoms with Crippen LogP contribution in [0.3, 0.4) is 0 Å². The second kappa shape index (κ2) is 7.74. The molecule has 0 radical (unpaired) electrons. The van der Waals surface area contributed by atoms with Crippen molar-refractivity contribution in [3.8, 4) is 0 Å². The van der Waals surface area contributed by atoms with E-state index >= 15 is 0 Å². The molecule has 0 bridgehead atoms. The summed E-state index contributed by atoms with van der Waals surface area (Å²) in [4.78, 5) is 13.9. The first kappa shape index (κ1) is 15.4. The summed E-state index contributed by atoms with van der Waals surface area (Å²) in [6, 6.07) is -0.334. The van der Waals surface area contributed by atoms with Gasteiger partial charge in [-0.1, -0.05) is 26.2 Å². The van der Waals surface area contributed by atoms with Crippen molar-refractivity contribution in [1.29, 1.82) is 0 Å². The highest BCUT2D eigenvalue weighted by atomic mass is 16.3. The van der Waals surface area contributed by atoms with Gasteiger partial charge in [-0.2, -0.15) is 0 Å². The van der Waals surface area contributed by atoms with Crippen LogP contribution >= 0.6 is 0 Å². The molecule has 2 atom stereocenters. The molecular weight excluding hydrogens is 228 g/mol. The SMILES string of the molecule is CC(CO)CCN(C)C(=O)[C@H](N)C1CCCCC1. The molecule has 0 spiro atoms. The Balaban J connectivity index is 2.36. The fourth-order valence-corrected chi connectivity index (χ4v) is 2.56. The average molecular weight is 256 g/mol. The number of aliphatic hydroxyl groups excluding tert-OH is 1. The second-order valence-electron chi connectivity index (χ2n) is 5.76. The lowest BCUT2D eigenvalue weighted by Crippen LogP contribution is -2.47. The molecule has 4 nitrogen and oxygen atoms in total. The number of nitrogens with two attached hydrogens (primary N) is 1. The molecule has 1 aliphatic carbocycles. The molecule has 0 aromatic rings. The molecule has 0 heterocycles. The Morgan fingerprint density at radius 2 is 2.00 bits per heavy atom. The van der Waals surface area contributed by atoms with Crippen molar-refractivity contribution in [3.05, 3.63) is 0 Å². The van der Waals surface area contributed by atoms with Crippen LogP contribution in [-0.2, 0) is 4.79 Å². The average Bonchev–Trinajstić information content (AvgIpc) is 2.43. The summed E-state index contributed by atoms with van der Waals surface area (Å²) in [6.45, 7) is 2.84. The van der Waals surface area contributed by atoms with E-state index in [4.69, 9.17) is 10.8 Å². The van der Waals surface area contributed by atoms with Crippen molar-refractivity contribution in [3.63, 3.8) is 0 Å². The lowest BCUT2D eigenvalue weighted by Gasteiger charge is -2.30. The van der Waals surface area contributed by atoms with E-state index in [9.17, 15) is 4.79 Å². The number of rotatable bonds is 6. The summed E-state index contributed by atoms with van der Waals surface area (Å²) in [6.07, 6.45) is 6.70. The predicted octanol–water partition coefficient (Wildman–Crippen LogP) is 1.37. The van der Waals surface area contributed by atoms with Crippen LogP contribution in [0.2, 0.25) is 0 Å². The van der Waals surface area contributed by atoms with Gasteiger partial charge in [0.15, 0.2) is 0 Å². The number of amides is 1. The number of hydrogen-bond acceptors (Lipinski definition) is 3. The number of likely N-dealkylation sites (N-methyl/N-ethyl adjacent to an activating group) is 1. The van der Waals surface area contributed by atoms with Crippen LogP contribution in [0.1, 0.15) is 45.4 Å². The standard InChI is InChI=1S/C14H28N2O2/c1-11(10-17)8-9-16(2)14(18)13(15)12-6-4-3-5-7-12/h11-13,17H,3-10,15H2,1-2H3/t11?,13-/m1/s1. The summed E-state index contributed by atoms with van der Waals surface area (Å²) in [5, 5.41) is 8.97. The lowest BCUT2D eigenvalue weighted by atomic mass is 9.84. The number of nitrogens with zero attached hydrogens (tertiary/aromatic N) is 1. The van der Waals surface area contributed by atoms with Crippen LogP contribution < -0.4 is 5.73 Å². The Morgan fingerprint density at radius 3 is 2.56 bits per heavy atom. The quantitative estimate of drug-likeness (QED) is 0.754. The molecule has 0 aromatic carbocycles. The molecule has 3 N–H and O–H groups in total. The van der Waals surface area contributed by atoms with Crippen molar-refractivity contribution in [1.82, 2.24) is 4.90 Å². The summed E-state index contributed by atoms with van der Waals surface area (Å²) < 4.78 is 0. The molecule has 1 aliphatic rings. The molecule has 0 saturated heterocycles. The molecule has 0 aliphatic heterocycles. The number of carbonyl (C=O) groups is 1. The Labute approximate surface area is 111 Å². The van der Waals surface area contributed by atoms with Crippen molar-refractivity contribution >= 4 is 5.91 Å². The lowest BCUT2D eigenvalue weighted by molar-refractivity contribution is -0.133. The third-order valence-corrected chi connectivity index (χ3v) is 4.09. The van der Waals surface area contributed by atoms with E-state index in [2.05, 4.69) is 0 Å². The maximum Gasteiger partial charge on any atom is 0.239 e. The zero-order chi connectivity index (χ0) is 13.5. The van der Waals surface area contributed by atoms with Gasteiger partial charge < -0.3 is 15.7 Å². The fourth-order valence-electron chi connectivity index (χ4n) is 2.56. The van der Waals surface area contributed by atoms with E-state index in [1.54, 1.807) is 4.90 Å². The molecule has 1 rings (SSSR count). The monoisotopic (exact) mass is 256 g/mol. The van der Waals surface area contributed by atoms with E-state index < -0.39 is 0 Å². The van der Waals surface area contributed by atoms with E-state index in [1.807, 2.05) is 14.0 Å². The maximum absolute atomic E-state index is 12.2. The first-order valence-corrected chi connectivity index (χ1v) is 7.17. The van der Waals surface area contributed by atoms with Crippen molar-refractivity contribution in [2.24, 2.45) is 17.6 Å². The van der Waals surface area contributed by atoms with E-state index in [1.165, 1.54) is 19.3 Å². The Kier molecular flexibility index (Phi) is 6.65. The Morgan fingerprint density at radius 1 is 1.39 bits per heavy atom. The van der Waals surface area contributed by atoms with Crippen molar-refractivity contribution in [2.75, 3.05) is 20.2 Å². The molecule has 1 fully saturated rings. The van der Waals surface area contributed by atoms with Crippen LogP contribution in [0.15, 0.2) is 0 Å². The molecule has 1 saturated carbocycles. The Hall–Kier alpha value is -0.610. The summed E-state index contributed by atoms with van der Waals surface area (Å²) in [5.41, 5.74) is 6.09. The number of aliphatic hydroxyl groups is 1. The molecule has 0 aromatic heterocycles. The normalized spacial score (nSPS) is 20.4. The minimum atomic E-state index is -0.334. The highest BCUT2D eigenvalue weighted by Crippen LogP contribution is 2.26. The van der Waals surface area contributed by atoms with Gasteiger partial charge in [0.2, 0.25) is 5.91 Å². The Bertz CT molecular complexity index is 252. The zero-order valence-corrected chi connectivity index (χ0v) is 11.8. The van der Waals surface area contributed by atoms with Crippen molar-refractivity contribution in [2.45, 2.75) is 51.5 Å². The minimum Gasteiger partial charge on any atom is -0.396 e. The molecular formula is C14H28N2O2. The van der Waals surface area contributed by atoms with Gasteiger partial charge in [0, 0.05) is 20.2 Å². The number of hydrogen-bond donors (Lipinski definition) is 2. The molecule has 18 heavy (non-hydrogen) atoms. The summed E-state index contributed by atoms with van der Waals surface area (Å²) in [5.74, 6) is 0.669. The van der Waals surface area contributed by atoms with Gasteiger partial charge in [-0.05, 0) is 31.1 Å². The van der Waals surface area contributed by atoms with E-state index in [0.717, 1.165) is 19.3 Å². The van der Waals surface area contributed by atoms with Crippen LogP contribution in [0.5, 0.6) is 0 Å². The molecule has 1 unspecified atom stereocenters. The summed E-state index contributed by atoms with van der Waals surface area (Å²) >= 11 is 0. The van der Waals surface area contributed by atoms with Crippen LogP contribution in [0.4, 0.5) is 0 Å². The van der Waals surface area contributed by atoms with Gasteiger partial charge >= 0.3 is 0 Å². The number of carbonyl (C=O) groups excluding carboxylic acids is 1. The topological polar surface area (TPSA) is 66.6 Å². The van der Waals surface area contributed by atoms with Crippen LogP contribution in [0, 0.1) is 11.8 Å². The summed E-state index contributed by atoms with van der Waals surface area (Å²) in [7, 11) is 1.81. The van der Waals surface area contributed by atoms with Gasteiger partial charge in [-0.25, -0.2) is 0 Å². The second-order valence-corrected chi connectivity index (χ2v) is 5.76. The highest BCUT2D eigenvalue weighted by molar-refractivity contribution is 5.81. The van der Waals surface area contributed by atoms with Crippen LogP contribution in [0.25, 0.3) is 0 Å². The van der Waals surface area contributed by atoms with Gasteiger partial charge in [-0.15, -0.1) is 0 Å². The zero-order valence-electron chi connectivity index (χ0n) is 11.8. The highest BCUT2D eigenvalue weighted by Gasteiger charge is 2.28. The first-order valence-electron chi connectivity index (χ1n) is 7.17. The first-order chi connectivity index (χ1) is 8.56. The van der Waals surface area contributed by atoms with Gasteiger partial charge in [0.25, 0.3) is 0 Å². The predicted molar refractivity (Wildman–Crippen MR) is 73.1 cm³/mol. The molecule has 4 heteroatoms. The van der Waals surface area contributed by atoms with E-state index in [-0.39, 0.29) is 24.5 Å². The van der Waals surface area contributed by atoms with E-state index in [0.29, 0.717) is 12.5 Å². The molecule has 1 amide bonds. The van der Waals surface area contributed by atoms with Gasteiger partial charge in [0.1, 0.15) is 0 Å². The molecule has 106 valence electrons. The fraction of sp³-hybridized carbons (Fsp3) is 0.929. The smallest absolute Gasteiger partial charge is 0.239 e. The van der Waals surface area contributed by atoms with Crippen LogP contribution in [-0.4, -0.2) is 42.2 Å². The van der Waals surface area contributed by atoms with Gasteiger partial charge in [0.05, 0.1) is 6.04 Å². The largest absolute Gasteiger partial charge is 0.396 e. The third kappa shape index (κ3) is 4.58.